The normalized spacial score (nSPS) is 19.4. The van der Waals surface area contributed by atoms with Gasteiger partial charge in [-0.05, 0) is 84.8 Å². The van der Waals surface area contributed by atoms with Crippen LogP contribution in [-0.2, 0) is 27.6 Å². The first-order valence-corrected chi connectivity index (χ1v) is 15.8. The van der Waals surface area contributed by atoms with Crippen LogP contribution >= 0.6 is 0 Å². The van der Waals surface area contributed by atoms with E-state index in [2.05, 4.69) is 28.4 Å². The number of aliphatic hydroxyl groups is 1. The number of carbonyl (C=O) groups is 1. The van der Waals surface area contributed by atoms with Crippen molar-refractivity contribution in [2.75, 3.05) is 18.8 Å². The van der Waals surface area contributed by atoms with Crippen molar-refractivity contribution in [2.24, 2.45) is 5.41 Å². The lowest BCUT2D eigenvalue weighted by molar-refractivity contribution is -0.135. The average molecular weight is 549 g/mol. The quantitative estimate of drug-likeness (QED) is 0.405. The molecule has 0 radical (unpaired) electrons. The molecule has 7 heteroatoms. The minimum Gasteiger partial charge on any atom is -0.383 e. The van der Waals surface area contributed by atoms with Crippen LogP contribution in [0.25, 0.3) is 10.8 Å². The smallest absolute Gasteiger partial charge is 0.249 e. The zero-order valence-corrected chi connectivity index (χ0v) is 23.8. The lowest BCUT2D eigenvalue weighted by atomic mass is 9.85. The molecule has 0 aromatic heterocycles. The molecular formula is C32H40N2O4S. The molecule has 1 aliphatic heterocycles. The van der Waals surface area contributed by atoms with Crippen molar-refractivity contribution in [3.63, 3.8) is 0 Å². The molecule has 0 saturated carbocycles. The highest BCUT2D eigenvalue weighted by atomic mass is 32.2. The van der Waals surface area contributed by atoms with E-state index in [1.54, 1.807) is 32.0 Å². The topological polar surface area (TPSA) is 86.7 Å². The molecule has 5 rings (SSSR count). The molecule has 1 unspecified atom stereocenters. The van der Waals surface area contributed by atoms with E-state index in [0.29, 0.717) is 0 Å². The van der Waals surface area contributed by atoms with E-state index < -0.39 is 27.3 Å². The van der Waals surface area contributed by atoms with Crippen molar-refractivity contribution in [3.05, 3.63) is 77.4 Å². The summed E-state index contributed by atoms with van der Waals surface area (Å²) in [6, 6.07) is 19.0. The van der Waals surface area contributed by atoms with E-state index in [4.69, 9.17) is 0 Å². The van der Waals surface area contributed by atoms with Crippen molar-refractivity contribution in [1.29, 1.82) is 0 Å². The van der Waals surface area contributed by atoms with Crippen LogP contribution in [0, 0.1) is 5.41 Å². The van der Waals surface area contributed by atoms with Crippen molar-refractivity contribution < 1.29 is 18.3 Å². The lowest BCUT2D eigenvalue weighted by Crippen LogP contribution is -2.48. The number of nitrogens with zero attached hydrogens (tertiary/aromatic N) is 1. The third-order valence-electron chi connectivity index (χ3n) is 8.32. The fourth-order valence-corrected chi connectivity index (χ4v) is 8.00. The highest BCUT2D eigenvalue weighted by molar-refractivity contribution is 7.91. The number of nitrogens with one attached hydrogen (secondary N) is 1. The number of amides is 1. The van der Waals surface area contributed by atoms with E-state index in [1.807, 2.05) is 24.3 Å². The van der Waals surface area contributed by atoms with Crippen LogP contribution in [0.1, 0.15) is 68.7 Å². The van der Waals surface area contributed by atoms with Gasteiger partial charge in [0.1, 0.15) is 6.10 Å². The number of rotatable bonds is 8. The Kier molecular flexibility index (Phi) is 8.13. The second-order valence-electron chi connectivity index (χ2n) is 12.0. The number of carbonyl (C=O) groups excluding carboxylic acids is 1. The number of hydrogen-bond donors (Lipinski definition) is 2. The summed E-state index contributed by atoms with van der Waals surface area (Å²) < 4.78 is 26.6. The molecule has 39 heavy (non-hydrogen) atoms. The van der Waals surface area contributed by atoms with Gasteiger partial charge < -0.3 is 10.4 Å². The van der Waals surface area contributed by atoms with E-state index in [9.17, 15) is 18.3 Å². The first-order chi connectivity index (χ1) is 18.6. The molecule has 1 amide bonds. The zero-order chi connectivity index (χ0) is 27.6. The Labute approximate surface area is 232 Å². The Morgan fingerprint density at radius 2 is 1.74 bits per heavy atom. The molecule has 3 aromatic carbocycles. The number of likely N-dealkylation sites (tertiary alicyclic amines) is 1. The minimum absolute atomic E-state index is 0.187. The fraction of sp³-hybridized carbons (Fsp3) is 0.469. The van der Waals surface area contributed by atoms with Crippen molar-refractivity contribution in [1.82, 2.24) is 10.2 Å². The third-order valence-corrected chi connectivity index (χ3v) is 10.4. The molecular weight excluding hydrogens is 508 g/mol. The van der Waals surface area contributed by atoms with Gasteiger partial charge in [-0.2, -0.15) is 0 Å². The zero-order valence-electron chi connectivity index (χ0n) is 23.0. The number of sulfone groups is 1. The highest BCUT2D eigenvalue weighted by Gasteiger charge is 2.39. The number of piperidine rings is 1. The van der Waals surface area contributed by atoms with Crippen molar-refractivity contribution in [3.8, 4) is 0 Å². The summed E-state index contributed by atoms with van der Waals surface area (Å²) in [7, 11) is -3.73. The van der Waals surface area contributed by atoms with Crippen LogP contribution in [0.15, 0.2) is 65.6 Å². The number of aliphatic hydroxyl groups excluding tert-OH is 1. The van der Waals surface area contributed by atoms with Crippen molar-refractivity contribution in [2.45, 2.75) is 76.0 Å². The van der Waals surface area contributed by atoms with Gasteiger partial charge in [0.15, 0.2) is 9.84 Å². The predicted octanol–water partition coefficient (Wildman–Crippen LogP) is 5.18. The second-order valence-corrected chi connectivity index (χ2v) is 14.0. The Bertz CT molecular complexity index is 1440. The molecule has 2 aliphatic rings. The molecule has 2 atom stereocenters. The van der Waals surface area contributed by atoms with Gasteiger partial charge >= 0.3 is 0 Å². The summed E-state index contributed by atoms with van der Waals surface area (Å²) >= 11 is 0. The summed E-state index contributed by atoms with van der Waals surface area (Å²) in [6.07, 6.45) is 5.13. The van der Waals surface area contributed by atoms with Crippen LogP contribution in [0.2, 0.25) is 0 Å². The summed E-state index contributed by atoms with van der Waals surface area (Å²) in [5, 5.41) is 15.9. The molecule has 1 saturated heterocycles. The third kappa shape index (κ3) is 6.37. The summed E-state index contributed by atoms with van der Waals surface area (Å²) in [6.45, 7) is 6.54. The largest absolute Gasteiger partial charge is 0.383 e. The van der Waals surface area contributed by atoms with E-state index in [1.165, 1.54) is 30.4 Å². The Morgan fingerprint density at radius 3 is 2.51 bits per heavy atom. The second kappa shape index (κ2) is 11.4. The maximum absolute atomic E-state index is 13.3. The van der Waals surface area contributed by atoms with Gasteiger partial charge in [0.2, 0.25) is 5.91 Å². The first kappa shape index (κ1) is 27.8. The van der Waals surface area contributed by atoms with Gasteiger partial charge in [-0.15, -0.1) is 0 Å². The van der Waals surface area contributed by atoms with Gasteiger partial charge in [-0.1, -0.05) is 68.8 Å². The minimum atomic E-state index is -3.73. The first-order valence-electron chi connectivity index (χ1n) is 14.2. The number of benzene rings is 3. The van der Waals surface area contributed by atoms with Gasteiger partial charge in [-0.3, -0.25) is 9.69 Å². The fourth-order valence-electron chi connectivity index (χ4n) is 6.11. The van der Waals surface area contributed by atoms with Crippen LogP contribution in [0.5, 0.6) is 0 Å². The maximum atomic E-state index is 13.3. The van der Waals surface area contributed by atoms with Gasteiger partial charge in [0.05, 0.1) is 16.7 Å². The lowest BCUT2D eigenvalue weighted by Gasteiger charge is -2.33. The summed E-state index contributed by atoms with van der Waals surface area (Å²) in [5.41, 5.74) is 2.49. The van der Waals surface area contributed by atoms with E-state index >= 15 is 0 Å². The maximum Gasteiger partial charge on any atom is 0.249 e. The SMILES string of the molecule is CC(C)(CS(=O)(=O)c1ccc2ccccc2c1)C(O)C(=O)N[C@@H]1CCCc2cc(CN3CCCCC3)ccc21. The van der Waals surface area contributed by atoms with Gasteiger partial charge in [0.25, 0.3) is 0 Å². The average Bonchev–Trinajstić information content (AvgIpc) is 2.92. The molecule has 208 valence electrons. The van der Waals surface area contributed by atoms with Gasteiger partial charge in [0, 0.05) is 12.0 Å². The van der Waals surface area contributed by atoms with Crippen LogP contribution in [0.3, 0.4) is 0 Å². The standard InChI is InChI=1S/C32H40N2O4S/c1-32(2,22-39(37,38)27-15-14-24-9-4-5-10-25(24)20-27)30(35)31(36)33-29-12-8-11-26-19-23(13-16-28(26)29)21-34-17-6-3-7-18-34/h4-5,9-10,13-16,19-20,29-30,35H,3,6-8,11-12,17-18,21-22H2,1-2H3,(H,33,36)/t29-,30?/m1/s1. The molecule has 0 spiro atoms. The number of fused-ring (bicyclic) bond motifs is 2. The van der Waals surface area contributed by atoms with Crippen LogP contribution < -0.4 is 5.32 Å². The van der Waals surface area contributed by atoms with Crippen LogP contribution in [-0.4, -0.2) is 49.3 Å². The Hall–Kier alpha value is -2.74. The number of hydrogen-bond acceptors (Lipinski definition) is 5. The van der Waals surface area contributed by atoms with Gasteiger partial charge in [-0.25, -0.2) is 8.42 Å². The summed E-state index contributed by atoms with van der Waals surface area (Å²) in [4.78, 5) is 15.9. The van der Waals surface area contributed by atoms with E-state index in [-0.39, 0.29) is 16.7 Å². The van der Waals surface area contributed by atoms with E-state index in [0.717, 1.165) is 55.2 Å². The molecule has 1 aliphatic carbocycles. The number of aryl methyl sites for hydroxylation is 1. The van der Waals surface area contributed by atoms with Crippen molar-refractivity contribution >= 4 is 26.5 Å². The summed E-state index contributed by atoms with van der Waals surface area (Å²) in [5.74, 6) is -0.863. The molecule has 6 nitrogen and oxygen atoms in total. The molecule has 0 bridgehead atoms. The Balaban J connectivity index is 1.26. The molecule has 3 aromatic rings. The molecule has 1 heterocycles. The molecule has 2 N–H and O–H groups in total. The van der Waals surface area contributed by atoms with Crippen LogP contribution in [0.4, 0.5) is 0 Å². The highest BCUT2D eigenvalue weighted by Crippen LogP contribution is 2.33. The monoisotopic (exact) mass is 548 g/mol. The molecule has 1 fully saturated rings. The predicted molar refractivity (Wildman–Crippen MR) is 155 cm³/mol. The Morgan fingerprint density at radius 1 is 1.00 bits per heavy atom.